The standard InChI is InChI=1S/C13H17ClN2O3/c1-3-16(4-2)12(17)8-19-13(18)10-6-5-9(15)7-11(10)14/h5-7H,3-4,8,15H2,1-2H3. The molecule has 2 N–H and O–H groups in total. The number of nitrogens with zero attached hydrogens (tertiary/aromatic N) is 1. The second kappa shape index (κ2) is 6.99. The third kappa shape index (κ3) is 4.13. The summed E-state index contributed by atoms with van der Waals surface area (Å²) in [5.41, 5.74) is 6.18. The molecule has 0 aliphatic rings. The number of carbonyl (C=O) groups excluding carboxylic acids is 2. The third-order valence-electron chi connectivity index (χ3n) is 2.66. The van der Waals surface area contributed by atoms with Gasteiger partial charge in [-0.25, -0.2) is 4.79 Å². The van der Waals surface area contributed by atoms with E-state index in [2.05, 4.69) is 0 Å². The molecule has 0 heterocycles. The summed E-state index contributed by atoms with van der Waals surface area (Å²) in [6.45, 7) is 4.59. The molecule has 1 aromatic rings. The number of rotatable bonds is 5. The van der Waals surface area contributed by atoms with E-state index in [4.69, 9.17) is 22.1 Å². The molecule has 104 valence electrons. The summed E-state index contributed by atoms with van der Waals surface area (Å²) in [5, 5.41) is 0.209. The maximum atomic E-state index is 11.8. The van der Waals surface area contributed by atoms with E-state index in [1.54, 1.807) is 11.0 Å². The smallest absolute Gasteiger partial charge is 0.340 e. The molecule has 0 aliphatic heterocycles. The molecular formula is C13H17ClN2O3. The molecule has 19 heavy (non-hydrogen) atoms. The van der Waals surface area contributed by atoms with Crippen LogP contribution in [-0.2, 0) is 9.53 Å². The number of nitrogens with two attached hydrogens (primary N) is 1. The molecule has 1 amide bonds. The number of likely N-dealkylation sites (N-methyl/N-ethyl adjacent to an activating group) is 1. The van der Waals surface area contributed by atoms with Crippen molar-refractivity contribution in [3.05, 3.63) is 28.8 Å². The predicted octanol–water partition coefficient (Wildman–Crippen LogP) is 1.95. The lowest BCUT2D eigenvalue weighted by Gasteiger charge is -2.18. The maximum absolute atomic E-state index is 11.8. The number of amides is 1. The fourth-order valence-corrected chi connectivity index (χ4v) is 1.84. The second-order valence-corrected chi connectivity index (χ2v) is 4.29. The molecule has 0 unspecified atom stereocenters. The Morgan fingerprint density at radius 2 is 1.95 bits per heavy atom. The molecular weight excluding hydrogens is 268 g/mol. The van der Waals surface area contributed by atoms with Crippen LogP contribution in [0.15, 0.2) is 18.2 Å². The molecule has 5 nitrogen and oxygen atoms in total. The van der Waals surface area contributed by atoms with Crippen molar-refractivity contribution in [2.24, 2.45) is 0 Å². The van der Waals surface area contributed by atoms with Crippen molar-refractivity contribution in [3.8, 4) is 0 Å². The van der Waals surface area contributed by atoms with Crippen LogP contribution in [0.5, 0.6) is 0 Å². The highest BCUT2D eigenvalue weighted by molar-refractivity contribution is 6.33. The summed E-state index contributed by atoms with van der Waals surface area (Å²) in [5.74, 6) is -0.865. The van der Waals surface area contributed by atoms with Crippen LogP contribution in [0.1, 0.15) is 24.2 Å². The molecule has 0 saturated carbocycles. The molecule has 0 bridgehead atoms. The number of anilines is 1. The monoisotopic (exact) mass is 284 g/mol. The van der Waals surface area contributed by atoms with Crippen molar-refractivity contribution in [1.29, 1.82) is 0 Å². The van der Waals surface area contributed by atoms with Crippen LogP contribution in [0, 0.1) is 0 Å². The summed E-state index contributed by atoms with van der Waals surface area (Å²) in [6, 6.07) is 4.49. The normalized spacial score (nSPS) is 10.1. The van der Waals surface area contributed by atoms with Crippen LogP contribution in [0.4, 0.5) is 5.69 Å². The van der Waals surface area contributed by atoms with E-state index in [1.807, 2.05) is 13.8 Å². The number of hydrogen-bond acceptors (Lipinski definition) is 4. The van der Waals surface area contributed by atoms with Gasteiger partial charge in [0.05, 0.1) is 10.6 Å². The average molecular weight is 285 g/mol. The number of ether oxygens (including phenoxy) is 1. The summed E-state index contributed by atoms with van der Waals surface area (Å²) >= 11 is 5.88. The Kier molecular flexibility index (Phi) is 5.63. The van der Waals surface area contributed by atoms with Gasteiger partial charge in [0, 0.05) is 18.8 Å². The summed E-state index contributed by atoms with van der Waals surface area (Å²) in [7, 11) is 0. The van der Waals surface area contributed by atoms with Crippen molar-refractivity contribution in [2.45, 2.75) is 13.8 Å². The highest BCUT2D eigenvalue weighted by Gasteiger charge is 2.16. The van der Waals surface area contributed by atoms with Gasteiger partial charge in [0.25, 0.3) is 5.91 Å². The molecule has 0 fully saturated rings. The predicted molar refractivity (Wildman–Crippen MR) is 74.1 cm³/mol. The van der Waals surface area contributed by atoms with Crippen LogP contribution in [0.25, 0.3) is 0 Å². The van der Waals surface area contributed by atoms with Gasteiger partial charge < -0.3 is 15.4 Å². The van der Waals surface area contributed by atoms with Gasteiger partial charge in [-0.3, -0.25) is 4.79 Å². The zero-order valence-electron chi connectivity index (χ0n) is 11.0. The van der Waals surface area contributed by atoms with Crippen LogP contribution < -0.4 is 5.73 Å². The lowest BCUT2D eigenvalue weighted by atomic mass is 10.2. The highest BCUT2D eigenvalue weighted by atomic mass is 35.5. The van der Waals surface area contributed by atoms with Crippen LogP contribution in [0.2, 0.25) is 5.02 Å². The molecule has 6 heteroatoms. The van der Waals surface area contributed by atoms with Crippen molar-refractivity contribution >= 4 is 29.2 Å². The number of nitrogen functional groups attached to an aromatic ring is 1. The highest BCUT2D eigenvalue weighted by Crippen LogP contribution is 2.19. The van der Waals surface area contributed by atoms with E-state index < -0.39 is 5.97 Å². The maximum Gasteiger partial charge on any atom is 0.340 e. The van der Waals surface area contributed by atoms with Crippen LogP contribution >= 0.6 is 11.6 Å². The Morgan fingerprint density at radius 3 is 2.47 bits per heavy atom. The van der Waals surface area contributed by atoms with E-state index in [0.717, 1.165) is 0 Å². The number of carbonyl (C=O) groups is 2. The first-order chi connectivity index (χ1) is 8.99. The van der Waals surface area contributed by atoms with E-state index in [9.17, 15) is 9.59 Å². The number of halogens is 1. The van der Waals surface area contributed by atoms with Crippen molar-refractivity contribution in [1.82, 2.24) is 4.90 Å². The van der Waals surface area contributed by atoms with E-state index in [0.29, 0.717) is 18.8 Å². The number of benzene rings is 1. The zero-order chi connectivity index (χ0) is 14.4. The number of hydrogen-bond donors (Lipinski definition) is 1. The Balaban J connectivity index is 2.63. The lowest BCUT2D eigenvalue weighted by Crippen LogP contribution is -2.34. The Bertz CT molecular complexity index is 473. The first-order valence-electron chi connectivity index (χ1n) is 5.99. The summed E-state index contributed by atoms with van der Waals surface area (Å²) in [4.78, 5) is 25.0. The molecule has 0 atom stereocenters. The largest absolute Gasteiger partial charge is 0.452 e. The van der Waals surface area contributed by atoms with E-state index >= 15 is 0 Å². The molecule has 1 aromatic carbocycles. The zero-order valence-corrected chi connectivity index (χ0v) is 11.7. The third-order valence-corrected chi connectivity index (χ3v) is 2.97. The van der Waals surface area contributed by atoms with Gasteiger partial charge in [0.15, 0.2) is 6.61 Å². The summed E-state index contributed by atoms with van der Waals surface area (Å²) < 4.78 is 4.94. The van der Waals surface area contributed by atoms with Gasteiger partial charge in [-0.15, -0.1) is 0 Å². The Labute approximate surface area is 117 Å². The minimum absolute atomic E-state index is 0.197. The lowest BCUT2D eigenvalue weighted by molar-refractivity contribution is -0.134. The van der Waals surface area contributed by atoms with Crippen LogP contribution in [0.3, 0.4) is 0 Å². The quantitative estimate of drug-likeness (QED) is 0.662. The fraction of sp³-hybridized carbons (Fsp3) is 0.385. The molecule has 0 spiro atoms. The molecule has 0 saturated heterocycles. The van der Waals surface area contributed by atoms with Crippen molar-refractivity contribution in [3.63, 3.8) is 0 Å². The SMILES string of the molecule is CCN(CC)C(=O)COC(=O)c1ccc(N)cc1Cl. The minimum Gasteiger partial charge on any atom is -0.452 e. The molecule has 0 aliphatic carbocycles. The fourth-order valence-electron chi connectivity index (χ4n) is 1.57. The van der Waals surface area contributed by atoms with E-state index in [1.165, 1.54) is 12.1 Å². The van der Waals surface area contributed by atoms with Gasteiger partial charge in [-0.05, 0) is 32.0 Å². The second-order valence-electron chi connectivity index (χ2n) is 3.88. The Morgan fingerprint density at radius 1 is 1.32 bits per heavy atom. The van der Waals surface area contributed by atoms with Gasteiger partial charge in [-0.2, -0.15) is 0 Å². The van der Waals surface area contributed by atoms with Crippen molar-refractivity contribution < 1.29 is 14.3 Å². The first-order valence-corrected chi connectivity index (χ1v) is 6.37. The topological polar surface area (TPSA) is 72.6 Å². The van der Waals surface area contributed by atoms with Gasteiger partial charge >= 0.3 is 5.97 Å². The molecule has 0 radical (unpaired) electrons. The van der Waals surface area contributed by atoms with Gasteiger partial charge in [0.2, 0.25) is 0 Å². The minimum atomic E-state index is -0.634. The number of esters is 1. The first kappa shape index (κ1) is 15.3. The van der Waals surface area contributed by atoms with Crippen molar-refractivity contribution in [2.75, 3.05) is 25.4 Å². The van der Waals surface area contributed by atoms with E-state index in [-0.39, 0.29) is 23.1 Å². The average Bonchev–Trinajstić information content (AvgIpc) is 2.37. The van der Waals surface area contributed by atoms with Crippen LogP contribution in [-0.4, -0.2) is 36.5 Å². The van der Waals surface area contributed by atoms with Gasteiger partial charge in [0.1, 0.15) is 0 Å². The Hall–Kier alpha value is -1.75. The summed E-state index contributed by atoms with van der Waals surface area (Å²) in [6.07, 6.45) is 0. The molecule has 1 rings (SSSR count). The van der Waals surface area contributed by atoms with Gasteiger partial charge in [-0.1, -0.05) is 11.6 Å². The molecule has 0 aromatic heterocycles.